The molecule has 0 heterocycles. The summed E-state index contributed by atoms with van der Waals surface area (Å²) < 4.78 is 0. The molecule has 1 aliphatic rings. The quantitative estimate of drug-likeness (QED) is 0.698. The van der Waals surface area contributed by atoms with Gasteiger partial charge in [0.05, 0.1) is 6.10 Å². The third kappa shape index (κ3) is 1.89. The highest BCUT2D eigenvalue weighted by molar-refractivity contribution is 5.12. The van der Waals surface area contributed by atoms with Gasteiger partial charge in [-0.05, 0) is 30.2 Å². The molecule has 2 nitrogen and oxygen atoms in total. The molecule has 2 heteroatoms. The van der Waals surface area contributed by atoms with Gasteiger partial charge in [0.1, 0.15) is 0 Å². The van der Waals surface area contributed by atoms with E-state index in [9.17, 15) is 0 Å². The van der Waals surface area contributed by atoms with Crippen molar-refractivity contribution in [1.29, 1.82) is 0 Å². The van der Waals surface area contributed by atoms with Crippen molar-refractivity contribution in [3.8, 4) is 0 Å². The maximum atomic E-state index is 9.08. The summed E-state index contributed by atoms with van der Waals surface area (Å²) in [5.41, 5.74) is 0.914. The van der Waals surface area contributed by atoms with E-state index < -0.39 is 0 Å². The highest BCUT2D eigenvalue weighted by atomic mass is 16.3. The first kappa shape index (κ1) is 11.0. The van der Waals surface area contributed by atoms with E-state index in [1.54, 1.807) is 0 Å². The lowest BCUT2D eigenvalue weighted by atomic mass is 10.0. The fourth-order valence-electron chi connectivity index (χ4n) is 2.28. The maximum absolute atomic E-state index is 9.08. The Morgan fingerprint density at radius 3 is 2.00 bits per heavy atom. The van der Waals surface area contributed by atoms with E-state index in [0.29, 0.717) is 17.4 Å². The predicted molar refractivity (Wildman–Crippen MR) is 55.6 cm³/mol. The van der Waals surface area contributed by atoms with Crippen LogP contribution in [0, 0.1) is 16.7 Å². The molecule has 0 amide bonds. The van der Waals surface area contributed by atoms with Gasteiger partial charge in [0.2, 0.25) is 0 Å². The summed E-state index contributed by atoms with van der Waals surface area (Å²) in [6, 6.07) is 0. The van der Waals surface area contributed by atoms with Crippen LogP contribution in [0.2, 0.25) is 0 Å². The van der Waals surface area contributed by atoms with Gasteiger partial charge in [-0.25, -0.2) is 0 Å². The van der Waals surface area contributed by atoms with Crippen molar-refractivity contribution in [3.63, 3.8) is 0 Å². The Morgan fingerprint density at radius 2 is 1.69 bits per heavy atom. The van der Waals surface area contributed by atoms with Crippen LogP contribution in [0.25, 0.3) is 0 Å². The molecular formula is C11H23NO. The molecule has 13 heavy (non-hydrogen) atoms. The van der Waals surface area contributed by atoms with Gasteiger partial charge in [0.25, 0.3) is 0 Å². The van der Waals surface area contributed by atoms with E-state index in [-0.39, 0.29) is 6.10 Å². The Hall–Kier alpha value is -0.0800. The average molecular weight is 185 g/mol. The Balaban J connectivity index is 2.26. The van der Waals surface area contributed by atoms with Gasteiger partial charge in [0, 0.05) is 6.54 Å². The Kier molecular flexibility index (Phi) is 2.75. The Bertz CT molecular complexity index is 171. The van der Waals surface area contributed by atoms with Crippen molar-refractivity contribution < 1.29 is 5.11 Å². The van der Waals surface area contributed by atoms with E-state index in [1.807, 2.05) is 6.92 Å². The summed E-state index contributed by atoms with van der Waals surface area (Å²) in [5.74, 6) is 0.749. The number of hydrogen-bond donors (Lipinski definition) is 2. The lowest BCUT2D eigenvalue weighted by molar-refractivity contribution is 0.190. The van der Waals surface area contributed by atoms with Crippen LogP contribution in [-0.4, -0.2) is 24.3 Å². The molecule has 1 aliphatic carbocycles. The van der Waals surface area contributed by atoms with Crippen molar-refractivity contribution in [1.82, 2.24) is 5.32 Å². The summed E-state index contributed by atoms with van der Waals surface area (Å²) in [6.07, 6.45) is -0.232. The first-order valence-electron chi connectivity index (χ1n) is 5.19. The molecule has 0 spiro atoms. The highest BCUT2D eigenvalue weighted by Gasteiger charge is 2.63. The molecule has 1 rings (SSSR count). The van der Waals surface area contributed by atoms with Crippen LogP contribution in [-0.2, 0) is 0 Å². The SMILES string of the molecule is C[C@H](O)CNCC1C(C)(C)C1(C)C. The van der Waals surface area contributed by atoms with Crippen molar-refractivity contribution in [2.75, 3.05) is 13.1 Å². The Morgan fingerprint density at radius 1 is 1.23 bits per heavy atom. The molecule has 0 bridgehead atoms. The number of aliphatic hydroxyl groups is 1. The van der Waals surface area contributed by atoms with Crippen LogP contribution in [0.3, 0.4) is 0 Å². The molecule has 1 saturated carbocycles. The minimum atomic E-state index is -0.232. The molecule has 0 unspecified atom stereocenters. The normalized spacial score (nSPS) is 27.2. The zero-order valence-electron chi connectivity index (χ0n) is 9.52. The number of aliphatic hydroxyl groups excluding tert-OH is 1. The molecule has 0 aromatic rings. The minimum absolute atomic E-state index is 0.232. The molecule has 0 aromatic carbocycles. The van der Waals surface area contributed by atoms with Crippen LogP contribution in [0.4, 0.5) is 0 Å². The van der Waals surface area contributed by atoms with Crippen LogP contribution >= 0.6 is 0 Å². The lowest BCUT2D eigenvalue weighted by Gasteiger charge is -2.07. The second-order valence-corrected chi connectivity index (χ2v) is 5.50. The third-order valence-electron chi connectivity index (χ3n) is 4.11. The average Bonchev–Trinajstić information content (AvgIpc) is 2.30. The van der Waals surface area contributed by atoms with Crippen LogP contribution in [0.15, 0.2) is 0 Å². The second-order valence-electron chi connectivity index (χ2n) is 5.50. The molecule has 0 aliphatic heterocycles. The van der Waals surface area contributed by atoms with Gasteiger partial charge < -0.3 is 10.4 Å². The lowest BCUT2D eigenvalue weighted by Crippen LogP contribution is -2.27. The second kappa shape index (κ2) is 3.25. The molecule has 78 valence electrons. The maximum Gasteiger partial charge on any atom is 0.0636 e. The molecule has 1 fully saturated rings. The monoisotopic (exact) mass is 185 g/mol. The Labute approximate surface area is 81.7 Å². The first-order chi connectivity index (χ1) is 5.80. The van der Waals surface area contributed by atoms with E-state index >= 15 is 0 Å². The predicted octanol–water partition coefficient (Wildman–Crippen LogP) is 1.64. The van der Waals surface area contributed by atoms with Crippen molar-refractivity contribution in [3.05, 3.63) is 0 Å². The number of hydrogen-bond acceptors (Lipinski definition) is 2. The zero-order chi connectivity index (χ0) is 10.3. The summed E-state index contributed by atoms with van der Waals surface area (Å²) in [5, 5.41) is 12.4. The van der Waals surface area contributed by atoms with Crippen molar-refractivity contribution in [2.24, 2.45) is 16.7 Å². The summed E-state index contributed by atoms with van der Waals surface area (Å²) >= 11 is 0. The fourth-order valence-corrected chi connectivity index (χ4v) is 2.28. The van der Waals surface area contributed by atoms with Gasteiger partial charge in [-0.3, -0.25) is 0 Å². The smallest absolute Gasteiger partial charge is 0.0636 e. The zero-order valence-corrected chi connectivity index (χ0v) is 9.52. The largest absolute Gasteiger partial charge is 0.392 e. The first-order valence-corrected chi connectivity index (χ1v) is 5.19. The summed E-state index contributed by atoms with van der Waals surface area (Å²) in [7, 11) is 0. The number of rotatable bonds is 4. The number of nitrogens with one attached hydrogen (secondary N) is 1. The topological polar surface area (TPSA) is 32.3 Å². The fraction of sp³-hybridized carbons (Fsp3) is 1.00. The van der Waals surface area contributed by atoms with Gasteiger partial charge in [0.15, 0.2) is 0 Å². The van der Waals surface area contributed by atoms with Gasteiger partial charge in [-0.2, -0.15) is 0 Å². The third-order valence-corrected chi connectivity index (χ3v) is 4.11. The van der Waals surface area contributed by atoms with Gasteiger partial charge in [-0.1, -0.05) is 27.7 Å². The van der Waals surface area contributed by atoms with Crippen LogP contribution < -0.4 is 5.32 Å². The molecule has 0 saturated heterocycles. The van der Waals surface area contributed by atoms with Crippen LogP contribution in [0.5, 0.6) is 0 Å². The highest BCUT2D eigenvalue weighted by Crippen LogP contribution is 2.67. The van der Waals surface area contributed by atoms with Crippen molar-refractivity contribution in [2.45, 2.75) is 40.7 Å². The molecule has 1 atom stereocenters. The van der Waals surface area contributed by atoms with E-state index in [0.717, 1.165) is 12.5 Å². The van der Waals surface area contributed by atoms with Crippen LogP contribution in [0.1, 0.15) is 34.6 Å². The van der Waals surface area contributed by atoms with E-state index in [2.05, 4.69) is 33.0 Å². The summed E-state index contributed by atoms with van der Waals surface area (Å²) in [6.45, 7) is 12.8. The van der Waals surface area contributed by atoms with E-state index in [1.165, 1.54) is 0 Å². The molecule has 0 aromatic heterocycles. The van der Waals surface area contributed by atoms with Gasteiger partial charge in [-0.15, -0.1) is 0 Å². The van der Waals surface area contributed by atoms with Gasteiger partial charge >= 0.3 is 0 Å². The standard InChI is InChI=1S/C11H23NO/c1-8(13)6-12-7-9-10(2,3)11(9,4)5/h8-9,12-13H,6-7H2,1-5H3/t8-/m0/s1. The van der Waals surface area contributed by atoms with E-state index in [4.69, 9.17) is 5.11 Å². The summed E-state index contributed by atoms with van der Waals surface area (Å²) in [4.78, 5) is 0. The molecule has 0 radical (unpaired) electrons. The molecule has 2 N–H and O–H groups in total. The molecular weight excluding hydrogens is 162 g/mol. The minimum Gasteiger partial charge on any atom is -0.392 e. The van der Waals surface area contributed by atoms with Crippen molar-refractivity contribution >= 4 is 0 Å².